The highest BCUT2D eigenvalue weighted by molar-refractivity contribution is 7.99. The van der Waals surface area contributed by atoms with Crippen LogP contribution >= 0.6 is 11.8 Å². The van der Waals surface area contributed by atoms with Crippen LogP contribution in [0.4, 0.5) is 0 Å². The Bertz CT molecular complexity index is 1010. The van der Waals surface area contributed by atoms with Crippen molar-refractivity contribution < 1.29 is 4.79 Å². The first-order valence-corrected chi connectivity index (χ1v) is 9.89. The lowest BCUT2D eigenvalue weighted by atomic mass is 10.2. The molecule has 0 N–H and O–H groups in total. The summed E-state index contributed by atoms with van der Waals surface area (Å²) in [6.07, 6.45) is 1.71. The van der Waals surface area contributed by atoms with Crippen molar-refractivity contribution >= 4 is 28.6 Å². The lowest BCUT2D eigenvalue weighted by molar-refractivity contribution is -0.127. The molecule has 0 saturated carbocycles. The molecule has 140 valence electrons. The monoisotopic (exact) mass is 382 g/mol. The molecule has 6 nitrogen and oxygen atoms in total. The number of aromatic nitrogens is 3. The number of carbonyl (C=O) groups is 1. The number of para-hydroxylation sites is 1. The first kappa shape index (κ1) is 19.1. The number of benzene rings is 1. The fourth-order valence-corrected chi connectivity index (χ4v) is 3.70. The predicted molar refractivity (Wildman–Crippen MR) is 109 cm³/mol. The number of rotatable bonds is 6. The molecule has 3 rings (SSSR count). The zero-order valence-electron chi connectivity index (χ0n) is 15.7. The molecule has 2 heterocycles. The third-order valence-corrected chi connectivity index (χ3v) is 5.23. The number of pyridine rings is 1. The summed E-state index contributed by atoms with van der Waals surface area (Å²) >= 11 is 1.26. The zero-order valence-corrected chi connectivity index (χ0v) is 16.5. The van der Waals surface area contributed by atoms with E-state index >= 15 is 0 Å². The van der Waals surface area contributed by atoms with Gasteiger partial charge in [-0.3, -0.25) is 9.59 Å². The average molecular weight is 382 g/mol. The van der Waals surface area contributed by atoms with E-state index in [-0.39, 0.29) is 17.2 Å². The highest BCUT2D eigenvalue weighted by Gasteiger charge is 2.17. The van der Waals surface area contributed by atoms with Gasteiger partial charge in [-0.2, -0.15) is 0 Å². The van der Waals surface area contributed by atoms with Crippen molar-refractivity contribution in [2.75, 3.05) is 18.8 Å². The molecule has 0 spiro atoms. The summed E-state index contributed by atoms with van der Waals surface area (Å²) in [4.78, 5) is 36.3. The SMILES string of the molecule is CCN(CC)C(=O)CSc1nc2ccccc2c(=O)n1-c1ccc(C)cn1. The van der Waals surface area contributed by atoms with Crippen LogP contribution in [0.1, 0.15) is 19.4 Å². The lowest BCUT2D eigenvalue weighted by Gasteiger charge is -2.18. The molecule has 0 atom stereocenters. The molecule has 0 aliphatic rings. The molecule has 0 radical (unpaired) electrons. The summed E-state index contributed by atoms with van der Waals surface area (Å²) in [6, 6.07) is 10.9. The molecular formula is C20H22N4O2S. The second-order valence-corrected chi connectivity index (χ2v) is 7.04. The smallest absolute Gasteiger partial charge is 0.267 e. The zero-order chi connectivity index (χ0) is 19.4. The van der Waals surface area contributed by atoms with Gasteiger partial charge in [0, 0.05) is 19.3 Å². The van der Waals surface area contributed by atoms with Gasteiger partial charge in [0.2, 0.25) is 5.91 Å². The van der Waals surface area contributed by atoms with E-state index in [1.54, 1.807) is 29.3 Å². The van der Waals surface area contributed by atoms with Gasteiger partial charge in [-0.25, -0.2) is 14.5 Å². The van der Waals surface area contributed by atoms with Gasteiger partial charge in [-0.05, 0) is 44.5 Å². The van der Waals surface area contributed by atoms with E-state index in [1.807, 2.05) is 39.0 Å². The summed E-state index contributed by atoms with van der Waals surface area (Å²) < 4.78 is 1.49. The second-order valence-electron chi connectivity index (χ2n) is 6.10. The molecule has 0 fully saturated rings. The number of thioether (sulfide) groups is 1. The number of hydrogen-bond acceptors (Lipinski definition) is 5. The second kappa shape index (κ2) is 8.35. The molecule has 7 heteroatoms. The maximum Gasteiger partial charge on any atom is 0.267 e. The quantitative estimate of drug-likeness (QED) is 0.484. The van der Waals surface area contributed by atoms with Crippen molar-refractivity contribution in [2.24, 2.45) is 0 Å². The number of fused-ring (bicyclic) bond motifs is 1. The van der Waals surface area contributed by atoms with Gasteiger partial charge in [0.15, 0.2) is 5.16 Å². The highest BCUT2D eigenvalue weighted by Crippen LogP contribution is 2.21. The third kappa shape index (κ3) is 4.03. The Morgan fingerprint density at radius 2 is 1.89 bits per heavy atom. The Balaban J connectivity index is 2.07. The number of nitrogens with zero attached hydrogens (tertiary/aromatic N) is 4. The van der Waals surface area contributed by atoms with Gasteiger partial charge < -0.3 is 4.90 Å². The minimum atomic E-state index is -0.185. The minimum absolute atomic E-state index is 0.0239. The van der Waals surface area contributed by atoms with Crippen LogP contribution in [-0.4, -0.2) is 44.2 Å². The summed E-state index contributed by atoms with van der Waals surface area (Å²) in [7, 11) is 0. The fourth-order valence-electron chi connectivity index (χ4n) is 2.80. The maximum atomic E-state index is 13.1. The van der Waals surface area contributed by atoms with Gasteiger partial charge in [0.1, 0.15) is 5.82 Å². The van der Waals surface area contributed by atoms with E-state index in [0.717, 1.165) is 5.56 Å². The molecule has 0 bridgehead atoms. The van der Waals surface area contributed by atoms with Crippen molar-refractivity contribution in [3.63, 3.8) is 0 Å². The Morgan fingerprint density at radius 1 is 1.15 bits per heavy atom. The van der Waals surface area contributed by atoms with E-state index in [4.69, 9.17) is 0 Å². The summed E-state index contributed by atoms with van der Waals surface area (Å²) in [5.74, 6) is 0.746. The van der Waals surface area contributed by atoms with Crippen molar-refractivity contribution in [3.8, 4) is 5.82 Å². The Hall–Kier alpha value is -2.67. The van der Waals surface area contributed by atoms with Crippen molar-refractivity contribution in [3.05, 3.63) is 58.5 Å². The molecule has 3 aromatic rings. The van der Waals surface area contributed by atoms with Gasteiger partial charge >= 0.3 is 0 Å². The first-order valence-electron chi connectivity index (χ1n) is 8.90. The number of aryl methyl sites for hydroxylation is 1. The van der Waals surface area contributed by atoms with Crippen LogP contribution in [0.15, 0.2) is 52.5 Å². The van der Waals surface area contributed by atoms with Gasteiger partial charge in [-0.1, -0.05) is 30.0 Å². The Labute approximate surface area is 162 Å². The number of amides is 1. The lowest BCUT2D eigenvalue weighted by Crippen LogP contribution is -2.32. The normalized spacial score (nSPS) is 10.9. The maximum absolute atomic E-state index is 13.1. The molecule has 27 heavy (non-hydrogen) atoms. The number of hydrogen-bond donors (Lipinski definition) is 0. The van der Waals surface area contributed by atoms with Crippen LogP contribution in [0.5, 0.6) is 0 Å². The van der Waals surface area contributed by atoms with Crippen LogP contribution in [0.3, 0.4) is 0 Å². The largest absolute Gasteiger partial charge is 0.343 e. The Morgan fingerprint density at radius 3 is 2.56 bits per heavy atom. The van der Waals surface area contributed by atoms with Crippen molar-refractivity contribution in [1.29, 1.82) is 0 Å². The van der Waals surface area contributed by atoms with Crippen LogP contribution in [0, 0.1) is 6.92 Å². The number of carbonyl (C=O) groups excluding carboxylic acids is 1. The van der Waals surface area contributed by atoms with Crippen LogP contribution in [-0.2, 0) is 4.79 Å². The van der Waals surface area contributed by atoms with E-state index in [1.165, 1.54) is 16.3 Å². The summed E-state index contributed by atoms with van der Waals surface area (Å²) in [5, 5.41) is 0.995. The van der Waals surface area contributed by atoms with Gasteiger partial charge in [0.25, 0.3) is 5.56 Å². The van der Waals surface area contributed by atoms with E-state index in [9.17, 15) is 9.59 Å². The predicted octanol–water partition coefficient (Wildman–Crippen LogP) is 3.05. The molecule has 1 amide bonds. The van der Waals surface area contributed by atoms with Gasteiger partial charge in [-0.15, -0.1) is 0 Å². The van der Waals surface area contributed by atoms with E-state index < -0.39 is 0 Å². The summed E-state index contributed by atoms with van der Waals surface area (Å²) in [6.45, 7) is 7.16. The van der Waals surface area contributed by atoms with Crippen LogP contribution < -0.4 is 5.56 Å². The fraction of sp³-hybridized carbons (Fsp3) is 0.300. The molecule has 0 aliphatic carbocycles. The van der Waals surface area contributed by atoms with E-state index in [2.05, 4.69) is 9.97 Å². The van der Waals surface area contributed by atoms with Crippen LogP contribution in [0.25, 0.3) is 16.7 Å². The summed E-state index contributed by atoms with van der Waals surface area (Å²) in [5.41, 5.74) is 1.44. The average Bonchev–Trinajstić information content (AvgIpc) is 2.68. The first-order chi connectivity index (χ1) is 13.0. The van der Waals surface area contributed by atoms with Crippen molar-refractivity contribution in [1.82, 2.24) is 19.4 Å². The third-order valence-electron chi connectivity index (χ3n) is 4.31. The topological polar surface area (TPSA) is 68.1 Å². The Kier molecular flexibility index (Phi) is 5.91. The molecule has 0 saturated heterocycles. The molecule has 1 aromatic carbocycles. The van der Waals surface area contributed by atoms with Gasteiger partial charge in [0.05, 0.1) is 16.7 Å². The standard InChI is InChI=1S/C20H22N4O2S/c1-4-23(5-2)18(25)13-27-20-22-16-9-7-6-8-15(16)19(26)24(20)17-11-10-14(3)12-21-17/h6-12H,4-5,13H2,1-3H3. The minimum Gasteiger partial charge on any atom is -0.343 e. The van der Waals surface area contributed by atoms with Crippen LogP contribution in [0.2, 0.25) is 0 Å². The molecular weight excluding hydrogens is 360 g/mol. The molecule has 0 aliphatic heterocycles. The highest BCUT2D eigenvalue weighted by atomic mass is 32.2. The van der Waals surface area contributed by atoms with Crippen molar-refractivity contribution in [2.45, 2.75) is 25.9 Å². The molecule has 0 unspecified atom stereocenters. The van der Waals surface area contributed by atoms with E-state index in [0.29, 0.717) is 35.0 Å². The molecule has 2 aromatic heterocycles.